The molecule has 5 rings (SSSR count). The van der Waals surface area contributed by atoms with Crippen LogP contribution in [0.25, 0.3) is 22.6 Å². The molecule has 1 aliphatic heterocycles. The minimum atomic E-state index is -0.621. The molecule has 1 aliphatic rings. The van der Waals surface area contributed by atoms with Crippen molar-refractivity contribution in [1.82, 2.24) is 20.1 Å². The van der Waals surface area contributed by atoms with E-state index < -0.39 is 6.10 Å². The monoisotopic (exact) mass is 514 g/mol. The Bertz CT molecular complexity index is 1320. The maximum atomic E-state index is 12.5. The van der Waals surface area contributed by atoms with Crippen molar-refractivity contribution >= 4 is 17.0 Å². The van der Waals surface area contributed by atoms with E-state index in [2.05, 4.69) is 20.1 Å². The van der Waals surface area contributed by atoms with Crippen LogP contribution in [0.1, 0.15) is 18.5 Å². The minimum Gasteiger partial charge on any atom is -0.491 e. The van der Waals surface area contributed by atoms with Crippen molar-refractivity contribution in [1.29, 1.82) is 0 Å². The van der Waals surface area contributed by atoms with E-state index in [1.807, 2.05) is 85.8 Å². The van der Waals surface area contributed by atoms with E-state index >= 15 is 0 Å². The standard InChI is InChI=1S/C30H34N4O4/c1-22(23-8-4-2-5-9-23)31-29(36)20-34-16-14-33(15-17-34)19-25(35)21-37-26-12-13-28-27(18-26)32-30(38-28)24-10-6-3-7-11-24/h2-13,18,22,25,35H,14-17,19-21H2,1H3,(H,31,36)/t22-,25+/m0/s1. The number of aromatic nitrogens is 1. The van der Waals surface area contributed by atoms with Gasteiger partial charge in [-0.15, -0.1) is 0 Å². The number of nitrogens with one attached hydrogen (secondary N) is 1. The van der Waals surface area contributed by atoms with Crippen molar-refractivity contribution in [2.45, 2.75) is 19.1 Å². The highest BCUT2D eigenvalue weighted by Crippen LogP contribution is 2.27. The maximum Gasteiger partial charge on any atom is 0.234 e. The number of carbonyl (C=O) groups excluding carboxylic acids is 1. The molecule has 2 heterocycles. The maximum absolute atomic E-state index is 12.5. The van der Waals surface area contributed by atoms with Crippen molar-refractivity contribution in [3.63, 3.8) is 0 Å². The number of nitrogens with zero attached hydrogens (tertiary/aromatic N) is 3. The molecule has 0 bridgehead atoms. The average molecular weight is 515 g/mol. The fourth-order valence-corrected chi connectivity index (χ4v) is 4.69. The molecule has 0 aliphatic carbocycles. The summed E-state index contributed by atoms with van der Waals surface area (Å²) >= 11 is 0. The average Bonchev–Trinajstić information content (AvgIpc) is 3.37. The molecule has 0 spiro atoms. The van der Waals surface area contributed by atoms with Crippen molar-refractivity contribution in [2.24, 2.45) is 0 Å². The molecule has 1 amide bonds. The van der Waals surface area contributed by atoms with Crippen molar-refractivity contribution in [3.8, 4) is 17.2 Å². The van der Waals surface area contributed by atoms with E-state index in [1.165, 1.54) is 0 Å². The van der Waals surface area contributed by atoms with Crippen LogP contribution in [-0.4, -0.2) is 77.8 Å². The van der Waals surface area contributed by atoms with Crippen LogP contribution in [0, 0.1) is 0 Å². The van der Waals surface area contributed by atoms with Gasteiger partial charge >= 0.3 is 0 Å². The lowest BCUT2D eigenvalue weighted by molar-refractivity contribution is -0.123. The molecule has 1 aromatic heterocycles. The number of oxazole rings is 1. The lowest BCUT2D eigenvalue weighted by atomic mass is 10.1. The van der Waals surface area contributed by atoms with E-state index in [1.54, 1.807) is 0 Å². The van der Waals surface area contributed by atoms with Gasteiger partial charge in [0.25, 0.3) is 0 Å². The fourth-order valence-electron chi connectivity index (χ4n) is 4.69. The first-order valence-electron chi connectivity index (χ1n) is 13.1. The van der Waals surface area contributed by atoms with E-state index in [0.717, 1.165) is 37.3 Å². The fraction of sp³-hybridized carbons (Fsp3) is 0.333. The third-order valence-electron chi connectivity index (χ3n) is 6.80. The molecule has 0 saturated carbocycles. The van der Waals surface area contributed by atoms with Gasteiger partial charge in [-0.05, 0) is 36.8 Å². The number of hydrogen-bond acceptors (Lipinski definition) is 7. The molecule has 198 valence electrons. The van der Waals surface area contributed by atoms with Gasteiger partial charge < -0.3 is 19.6 Å². The molecular formula is C30H34N4O4. The van der Waals surface area contributed by atoms with Gasteiger partial charge in [-0.1, -0.05) is 48.5 Å². The zero-order chi connectivity index (χ0) is 26.3. The zero-order valence-electron chi connectivity index (χ0n) is 21.6. The van der Waals surface area contributed by atoms with Crippen molar-refractivity contribution < 1.29 is 19.1 Å². The number of hydrogen-bond donors (Lipinski definition) is 2. The number of piperazine rings is 1. The van der Waals surface area contributed by atoms with Crippen LogP contribution in [0.2, 0.25) is 0 Å². The predicted molar refractivity (Wildman–Crippen MR) is 147 cm³/mol. The Morgan fingerprint density at radius 2 is 1.68 bits per heavy atom. The molecule has 8 nitrogen and oxygen atoms in total. The lowest BCUT2D eigenvalue weighted by Gasteiger charge is -2.35. The Morgan fingerprint density at radius 3 is 2.42 bits per heavy atom. The van der Waals surface area contributed by atoms with Crippen LogP contribution in [0.4, 0.5) is 0 Å². The van der Waals surface area contributed by atoms with Gasteiger partial charge in [0.05, 0.1) is 12.6 Å². The second-order valence-electron chi connectivity index (χ2n) is 9.76. The van der Waals surface area contributed by atoms with Crippen LogP contribution in [0.3, 0.4) is 0 Å². The first-order valence-corrected chi connectivity index (χ1v) is 13.1. The zero-order valence-corrected chi connectivity index (χ0v) is 21.6. The Labute approximate surface area is 222 Å². The molecule has 1 fully saturated rings. The molecular weight excluding hydrogens is 480 g/mol. The Hall–Kier alpha value is -3.72. The van der Waals surface area contributed by atoms with Gasteiger partial charge in [-0.2, -0.15) is 0 Å². The number of benzene rings is 3. The molecule has 38 heavy (non-hydrogen) atoms. The molecule has 3 aromatic carbocycles. The van der Waals surface area contributed by atoms with Crippen molar-refractivity contribution in [2.75, 3.05) is 45.9 Å². The second-order valence-corrected chi connectivity index (χ2v) is 9.76. The normalized spacial score (nSPS) is 16.3. The molecule has 2 atom stereocenters. The van der Waals surface area contributed by atoms with Crippen molar-refractivity contribution in [3.05, 3.63) is 84.4 Å². The summed E-state index contributed by atoms with van der Waals surface area (Å²) in [5, 5.41) is 13.6. The van der Waals surface area contributed by atoms with Crippen LogP contribution in [0.5, 0.6) is 5.75 Å². The Morgan fingerprint density at radius 1 is 1.00 bits per heavy atom. The smallest absolute Gasteiger partial charge is 0.234 e. The highest BCUT2D eigenvalue weighted by atomic mass is 16.5. The number of ether oxygens (including phenoxy) is 1. The Balaban J connectivity index is 1.04. The summed E-state index contributed by atoms with van der Waals surface area (Å²) in [4.78, 5) is 21.4. The summed E-state index contributed by atoms with van der Waals surface area (Å²) in [6.45, 7) is 6.26. The third kappa shape index (κ3) is 6.77. The molecule has 0 radical (unpaired) electrons. The van der Waals surface area contributed by atoms with E-state index in [0.29, 0.717) is 35.8 Å². The van der Waals surface area contributed by atoms with Gasteiger partial charge in [0, 0.05) is 44.4 Å². The number of fused-ring (bicyclic) bond motifs is 1. The highest BCUT2D eigenvalue weighted by molar-refractivity contribution is 5.78. The summed E-state index contributed by atoms with van der Waals surface area (Å²) in [6, 6.07) is 25.2. The molecule has 1 saturated heterocycles. The largest absolute Gasteiger partial charge is 0.491 e. The Kier molecular flexibility index (Phi) is 8.33. The van der Waals surface area contributed by atoms with Gasteiger partial charge in [-0.25, -0.2) is 4.98 Å². The quantitative estimate of drug-likeness (QED) is 0.333. The lowest BCUT2D eigenvalue weighted by Crippen LogP contribution is -2.51. The number of aliphatic hydroxyl groups excluding tert-OH is 1. The minimum absolute atomic E-state index is 0.0175. The second kappa shape index (κ2) is 12.2. The van der Waals surface area contributed by atoms with Gasteiger partial charge in [0.15, 0.2) is 5.58 Å². The van der Waals surface area contributed by atoms with Crippen LogP contribution >= 0.6 is 0 Å². The summed E-state index contributed by atoms with van der Waals surface area (Å²) < 4.78 is 11.7. The van der Waals surface area contributed by atoms with Crippen LogP contribution in [-0.2, 0) is 4.79 Å². The van der Waals surface area contributed by atoms with E-state index in [-0.39, 0.29) is 18.6 Å². The number of rotatable bonds is 10. The van der Waals surface area contributed by atoms with Gasteiger partial charge in [0.1, 0.15) is 24.0 Å². The molecule has 4 aromatic rings. The summed E-state index contributed by atoms with van der Waals surface area (Å²) in [5.41, 5.74) is 3.43. The van der Waals surface area contributed by atoms with Gasteiger partial charge in [0.2, 0.25) is 11.8 Å². The molecule has 8 heteroatoms. The summed E-state index contributed by atoms with van der Waals surface area (Å²) in [7, 11) is 0. The number of amides is 1. The number of carbonyl (C=O) groups is 1. The molecule has 0 unspecified atom stereocenters. The first-order chi connectivity index (χ1) is 18.5. The summed E-state index contributed by atoms with van der Waals surface area (Å²) in [5.74, 6) is 1.24. The topological polar surface area (TPSA) is 91.1 Å². The highest BCUT2D eigenvalue weighted by Gasteiger charge is 2.22. The van der Waals surface area contributed by atoms with Crippen LogP contribution in [0.15, 0.2) is 83.3 Å². The number of β-amino-alcohol motifs (C(OH)–C–C–N with tert-alkyl or cyclic N) is 1. The summed E-state index contributed by atoms with van der Waals surface area (Å²) in [6.07, 6.45) is -0.621. The predicted octanol–water partition coefficient (Wildman–Crippen LogP) is 3.73. The number of aliphatic hydroxyl groups is 1. The first kappa shape index (κ1) is 25.9. The third-order valence-corrected chi connectivity index (χ3v) is 6.80. The van der Waals surface area contributed by atoms with E-state index in [9.17, 15) is 9.90 Å². The SMILES string of the molecule is C[C@H](NC(=O)CN1CCN(C[C@@H](O)COc2ccc3oc(-c4ccccc4)nc3c2)CC1)c1ccccc1. The van der Waals surface area contributed by atoms with Gasteiger partial charge in [-0.3, -0.25) is 14.6 Å². The van der Waals surface area contributed by atoms with E-state index in [4.69, 9.17) is 9.15 Å². The molecule has 2 N–H and O–H groups in total. The van der Waals surface area contributed by atoms with Crippen LogP contribution < -0.4 is 10.1 Å².